The van der Waals surface area contributed by atoms with Gasteiger partial charge in [-0.3, -0.25) is 19.1 Å². The number of nitrogens with zero attached hydrogens (tertiary/aromatic N) is 4. The molecule has 1 spiro atoms. The quantitative estimate of drug-likeness (QED) is 0.244. The summed E-state index contributed by atoms with van der Waals surface area (Å²) in [7, 11) is -3.96. The van der Waals surface area contributed by atoms with Crippen LogP contribution in [0.3, 0.4) is 0 Å². The fraction of sp³-hybridized carbons (Fsp3) is 0.550. The molecule has 7 rings (SSSR count). The first kappa shape index (κ1) is 39.9. The van der Waals surface area contributed by atoms with Crippen molar-refractivity contribution < 1.29 is 45.1 Å². The Bertz CT molecular complexity index is 2090. The fourth-order valence-corrected chi connectivity index (χ4v) is 9.33. The highest BCUT2D eigenvalue weighted by molar-refractivity contribution is 7.89. The number of carbonyl (C=O) groups is 3. The Morgan fingerprint density at radius 2 is 1.64 bits per heavy atom. The minimum atomic E-state index is -4.30. The van der Waals surface area contributed by atoms with Crippen molar-refractivity contribution in [2.75, 3.05) is 39.0 Å². The van der Waals surface area contributed by atoms with Crippen LogP contribution in [-0.4, -0.2) is 90.9 Å². The van der Waals surface area contributed by atoms with Crippen LogP contribution in [0, 0.1) is 34.4 Å². The van der Waals surface area contributed by atoms with E-state index < -0.39 is 33.4 Å². The summed E-state index contributed by atoms with van der Waals surface area (Å²) in [6, 6.07) is 11.0. The standard InChI is InChI=1S/C40H47F4N5O6S/c1-38(2)15-33(38)37(52)48-23-39(24-48)22-47(36(51)28-16-45-49(18-28)17-25-7-13-31(41)14-8-25)19-30(39)21-55-20-27-5-4-6-32(34(27)35(50)46-56(3,53)54)26-9-11-29(12-10-26)40(42,43)44/h4-8,13-14,16,18,26,29-30,33H,9-12,15,17,19-24H2,1-3H3,(H,46,50)/t26?,29?,30?,33-/m1/s1. The van der Waals surface area contributed by atoms with E-state index in [4.69, 9.17) is 4.74 Å². The zero-order chi connectivity index (χ0) is 40.2. The second-order valence-corrected chi connectivity index (χ2v) is 18.7. The zero-order valence-electron chi connectivity index (χ0n) is 31.6. The van der Waals surface area contributed by atoms with Crippen molar-refractivity contribution in [1.29, 1.82) is 0 Å². The molecule has 2 atom stereocenters. The van der Waals surface area contributed by atoms with Crippen LogP contribution in [0.1, 0.15) is 89.3 Å². The Kier molecular flexibility index (Phi) is 10.6. The highest BCUT2D eigenvalue weighted by atomic mass is 32.2. The van der Waals surface area contributed by atoms with Gasteiger partial charge in [0.2, 0.25) is 15.9 Å². The molecular weight excluding hydrogens is 755 g/mol. The number of rotatable bonds is 11. The van der Waals surface area contributed by atoms with E-state index in [1.807, 2.05) is 9.62 Å². The molecule has 2 aliphatic carbocycles. The van der Waals surface area contributed by atoms with Gasteiger partial charge in [0.15, 0.2) is 0 Å². The van der Waals surface area contributed by atoms with Crippen LogP contribution in [-0.2, 0) is 32.7 Å². The molecule has 56 heavy (non-hydrogen) atoms. The third kappa shape index (κ3) is 8.50. The Morgan fingerprint density at radius 3 is 2.27 bits per heavy atom. The monoisotopic (exact) mass is 801 g/mol. The number of alkyl halides is 3. The molecule has 1 N–H and O–H groups in total. The van der Waals surface area contributed by atoms with Gasteiger partial charge < -0.3 is 14.5 Å². The molecular formula is C40H47F4N5O6S. The molecule has 1 aromatic heterocycles. The van der Waals surface area contributed by atoms with Crippen molar-refractivity contribution in [3.05, 3.63) is 88.5 Å². The number of nitrogens with one attached hydrogen (secondary N) is 1. The molecule has 2 aliphatic heterocycles. The van der Waals surface area contributed by atoms with Gasteiger partial charge in [-0.25, -0.2) is 17.5 Å². The van der Waals surface area contributed by atoms with E-state index in [1.165, 1.54) is 18.3 Å². The van der Waals surface area contributed by atoms with Crippen LogP contribution >= 0.6 is 0 Å². The van der Waals surface area contributed by atoms with Crippen LogP contribution in [0.4, 0.5) is 17.6 Å². The molecule has 3 amide bonds. The summed E-state index contributed by atoms with van der Waals surface area (Å²) in [4.78, 5) is 44.3. The summed E-state index contributed by atoms with van der Waals surface area (Å²) in [5.41, 5.74) is 1.69. The average molecular weight is 802 g/mol. The molecule has 3 heterocycles. The SMILES string of the molecule is CC1(C)C[C@@H]1C(=O)N1CC2(CN(C(=O)c3cnn(Cc4ccc(F)cc4)c3)CC2COCc2cccc(C3CCC(C(F)(F)F)CC3)c2C(=O)NS(C)(=O)=O)C1. The highest BCUT2D eigenvalue weighted by Crippen LogP contribution is 2.55. The molecule has 2 saturated carbocycles. The number of likely N-dealkylation sites (tertiary alicyclic amines) is 2. The van der Waals surface area contributed by atoms with E-state index >= 15 is 0 Å². The van der Waals surface area contributed by atoms with Gasteiger partial charge in [-0.05, 0) is 72.3 Å². The lowest BCUT2D eigenvalue weighted by atomic mass is 9.71. The number of ether oxygens (including phenoxy) is 1. The van der Waals surface area contributed by atoms with Crippen molar-refractivity contribution in [3.8, 4) is 0 Å². The van der Waals surface area contributed by atoms with E-state index in [9.17, 15) is 40.4 Å². The summed E-state index contributed by atoms with van der Waals surface area (Å²) in [6.45, 7) is 6.20. The van der Waals surface area contributed by atoms with E-state index in [1.54, 1.807) is 46.1 Å². The lowest BCUT2D eigenvalue weighted by Gasteiger charge is -2.51. The Labute approximate surface area is 323 Å². The summed E-state index contributed by atoms with van der Waals surface area (Å²) >= 11 is 0. The second kappa shape index (κ2) is 14.9. The smallest absolute Gasteiger partial charge is 0.376 e. The molecule has 2 saturated heterocycles. The van der Waals surface area contributed by atoms with Crippen molar-refractivity contribution in [1.82, 2.24) is 24.3 Å². The number of aromatic nitrogens is 2. The Morgan fingerprint density at radius 1 is 0.982 bits per heavy atom. The number of benzene rings is 2. The van der Waals surface area contributed by atoms with Gasteiger partial charge in [0.05, 0.1) is 43.7 Å². The number of sulfonamides is 1. The predicted molar refractivity (Wildman–Crippen MR) is 197 cm³/mol. The maximum atomic E-state index is 13.9. The lowest BCUT2D eigenvalue weighted by molar-refractivity contribution is -0.182. The number of carbonyl (C=O) groups excluding carboxylic acids is 3. The van der Waals surface area contributed by atoms with Gasteiger partial charge in [-0.2, -0.15) is 18.3 Å². The third-order valence-corrected chi connectivity index (χ3v) is 12.8. The van der Waals surface area contributed by atoms with Crippen LogP contribution in [0.15, 0.2) is 54.9 Å². The number of halogens is 4. The molecule has 1 unspecified atom stereocenters. The van der Waals surface area contributed by atoms with Gasteiger partial charge >= 0.3 is 6.18 Å². The summed E-state index contributed by atoms with van der Waals surface area (Å²) in [6.07, 6.45) is 0.744. The first-order valence-electron chi connectivity index (χ1n) is 19.0. The number of amides is 3. The molecule has 4 fully saturated rings. The molecule has 0 bridgehead atoms. The summed E-state index contributed by atoms with van der Waals surface area (Å²) < 4.78 is 88.0. The minimum Gasteiger partial charge on any atom is -0.376 e. The molecule has 0 radical (unpaired) electrons. The Hall–Kier alpha value is -4.31. The van der Waals surface area contributed by atoms with E-state index in [-0.39, 0.29) is 85.3 Å². The van der Waals surface area contributed by atoms with Crippen molar-refractivity contribution in [3.63, 3.8) is 0 Å². The van der Waals surface area contributed by atoms with Crippen molar-refractivity contribution >= 4 is 27.7 Å². The van der Waals surface area contributed by atoms with Gasteiger partial charge in [0.25, 0.3) is 11.8 Å². The van der Waals surface area contributed by atoms with Gasteiger partial charge in [-0.1, -0.05) is 44.2 Å². The first-order valence-corrected chi connectivity index (χ1v) is 20.8. The fourth-order valence-electron chi connectivity index (χ4n) is 8.89. The zero-order valence-corrected chi connectivity index (χ0v) is 32.5. The van der Waals surface area contributed by atoms with E-state index in [2.05, 4.69) is 18.9 Å². The molecule has 2 aromatic carbocycles. The van der Waals surface area contributed by atoms with E-state index in [0.717, 1.165) is 18.2 Å². The normalized spacial score (nSPS) is 24.2. The molecule has 302 valence electrons. The van der Waals surface area contributed by atoms with Crippen LogP contribution in [0.5, 0.6) is 0 Å². The van der Waals surface area contributed by atoms with Gasteiger partial charge in [0, 0.05) is 55.2 Å². The van der Waals surface area contributed by atoms with Crippen LogP contribution in [0.25, 0.3) is 0 Å². The average Bonchev–Trinajstić information content (AvgIpc) is 3.40. The van der Waals surface area contributed by atoms with E-state index in [0.29, 0.717) is 49.4 Å². The topological polar surface area (TPSA) is 131 Å². The maximum Gasteiger partial charge on any atom is 0.391 e. The Balaban J connectivity index is 1.07. The van der Waals surface area contributed by atoms with Crippen LogP contribution in [0.2, 0.25) is 0 Å². The first-order chi connectivity index (χ1) is 26.3. The number of hydrogen-bond acceptors (Lipinski definition) is 7. The number of hydrogen-bond donors (Lipinski definition) is 1. The summed E-state index contributed by atoms with van der Waals surface area (Å²) in [5.74, 6) is -3.35. The third-order valence-electron chi connectivity index (χ3n) is 12.3. The second-order valence-electron chi connectivity index (χ2n) is 16.9. The molecule has 16 heteroatoms. The highest BCUT2D eigenvalue weighted by Gasteiger charge is 2.60. The molecule has 11 nitrogen and oxygen atoms in total. The van der Waals surface area contributed by atoms with Crippen molar-refractivity contribution in [2.24, 2.45) is 28.6 Å². The minimum absolute atomic E-state index is 0.0343. The molecule has 4 aliphatic rings. The molecule has 3 aromatic rings. The summed E-state index contributed by atoms with van der Waals surface area (Å²) in [5, 5.41) is 4.35. The van der Waals surface area contributed by atoms with Crippen molar-refractivity contribution in [2.45, 2.75) is 71.2 Å². The van der Waals surface area contributed by atoms with Gasteiger partial charge in [-0.15, -0.1) is 0 Å². The lowest BCUT2D eigenvalue weighted by Crippen LogP contribution is -2.63. The van der Waals surface area contributed by atoms with Gasteiger partial charge in [0.1, 0.15) is 5.82 Å². The predicted octanol–water partition coefficient (Wildman–Crippen LogP) is 5.76. The van der Waals surface area contributed by atoms with Crippen LogP contribution < -0.4 is 4.72 Å². The largest absolute Gasteiger partial charge is 0.391 e. The maximum absolute atomic E-state index is 13.9.